The number of nitrogens with zero attached hydrogens (tertiary/aromatic N) is 2. The molecular weight excluding hydrogens is 302 g/mol. The molecular formula is C19H23N3O2. The number of carbonyl (C=O) groups excluding carboxylic acids is 1. The van der Waals surface area contributed by atoms with E-state index in [1.54, 1.807) is 6.20 Å². The summed E-state index contributed by atoms with van der Waals surface area (Å²) in [5.74, 6) is 1.66. The lowest BCUT2D eigenvalue weighted by Crippen LogP contribution is -2.40. The van der Waals surface area contributed by atoms with E-state index >= 15 is 0 Å². The van der Waals surface area contributed by atoms with Gasteiger partial charge in [0.05, 0.1) is 6.04 Å². The van der Waals surface area contributed by atoms with Gasteiger partial charge in [0.25, 0.3) is 0 Å². The normalized spacial score (nSPS) is 24.7. The number of rotatable bonds is 5. The Morgan fingerprint density at radius 1 is 1.29 bits per heavy atom. The molecule has 1 aliphatic heterocycles. The molecule has 3 atom stereocenters. The minimum atomic E-state index is -0.199. The molecule has 1 aliphatic carbocycles. The van der Waals surface area contributed by atoms with Crippen molar-refractivity contribution in [2.24, 2.45) is 11.8 Å². The molecule has 126 valence electrons. The van der Waals surface area contributed by atoms with Crippen molar-refractivity contribution in [3.63, 3.8) is 0 Å². The number of amides is 1. The second-order valence-electron chi connectivity index (χ2n) is 6.81. The third kappa shape index (κ3) is 2.96. The summed E-state index contributed by atoms with van der Waals surface area (Å²) in [6.45, 7) is 2.68. The molecule has 4 rings (SSSR count). The van der Waals surface area contributed by atoms with E-state index in [1.165, 1.54) is 12.8 Å². The van der Waals surface area contributed by atoms with Crippen LogP contribution in [0.2, 0.25) is 0 Å². The van der Waals surface area contributed by atoms with Gasteiger partial charge in [-0.15, -0.1) is 0 Å². The van der Waals surface area contributed by atoms with E-state index in [0.29, 0.717) is 12.5 Å². The first-order valence-electron chi connectivity index (χ1n) is 8.74. The van der Waals surface area contributed by atoms with Crippen LogP contribution in [-0.2, 0) is 9.53 Å². The van der Waals surface area contributed by atoms with Crippen LogP contribution in [0.25, 0.3) is 5.69 Å². The lowest BCUT2D eigenvalue weighted by atomic mass is 10.0. The summed E-state index contributed by atoms with van der Waals surface area (Å²) in [6, 6.07) is 10.1. The van der Waals surface area contributed by atoms with Crippen molar-refractivity contribution in [2.75, 3.05) is 6.61 Å². The van der Waals surface area contributed by atoms with E-state index in [0.717, 1.165) is 17.9 Å². The Kier molecular flexibility index (Phi) is 4.10. The molecule has 1 unspecified atom stereocenters. The minimum Gasteiger partial charge on any atom is -0.368 e. The molecule has 5 nitrogen and oxygen atoms in total. The molecule has 1 amide bonds. The van der Waals surface area contributed by atoms with E-state index in [2.05, 4.69) is 10.3 Å². The van der Waals surface area contributed by atoms with Crippen LogP contribution in [0.5, 0.6) is 0 Å². The summed E-state index contributed by atoms with van der Waals surface area (Å²) in [5.41, 5.74) is 1.05. The first kappa shape index (κ1) is 15.4. The van der Waals surface area contributed by atoms with Gasteiger partial charge in [0.15, 0.2) is 0 Å². The SMILES string of the molecule is CC(C(=O)N[C@H]1CCO[C@@H]1c1nccn1-c1ccccc1)C1CC1. The lowest BCUT2D eigenvalue weighted by Gasteiger charge is -2.22. The number of nitrogens with one attached hydrogen (secondary N) is 1. The largest absolute Gasteiger partial charge is 0.368 e. The van der Waals surface area contributed by atoms with Gasteiger partial charge in [-0.3, -0.25) is 4.79 Å². The molecule has 2 aliphatic rings. The van der Waals surface area contributed by atoms with Crippen molar-refractivity contribution in [1.29, 1.82) is 0 Å². The van der Waals surface area contributed by atoms with Gasteiger partial charge >= 0.3 is 0 Å². The Balaban J connectivity index is 1.53. The predicted molar refractivity (Wildman–Crippen MR) is 90.7 cm³/mol. The Morgan fingerprint density at radius 3 is 2.83 bits per heavy atom. The molecule has 1 aromatic heterocycles. The number of hydrogen-bond acceptors (Lipinski definition) is 3. The van der Waals surface area contributed by atoms with Crippen LogP contribution in [0.1, 0.15) is 38.1 Å². The van der Waals surface area contributed by atoms with Crippen LogP contribution in [0.4, 0.5) is 0 Å². The number of hydrogen-bond donors (Lipinski definition) is 1. The molecule has 0 bridgehead atoms. The predicted octanol–water partition coefficient (Wildman–Crippen LogP) is 2.86. The van der Waals surface area contributed by atoms with Gasteiger partial charge in [0, 0.05) is 30.6 Å². The second kappa shape index (κ2) is 6.40. The Bertz CT molecular complexity index is 708. The molecule has 1 saturated carbocycles. The van der Waals surface area contributed by atoms with Crippen LogP contribution < -0.4 is 5.32 Å². The van der Waals surface area contributed by atoms with Crippen molar-refractivity contribution in [2.45, 2.75) is 38.3 Å². The fraction of sp³-hybridized carbons (Fsp3) is 0.474. The fourth-order valence-corrected chi connectivity index (χ4v) is 3.45. The average Bonchev–Trinajstić information content (AvgIpc) is 3.16. The molecule has 2 fully saturated rings. The van der Waals surface area contributed by atoms with Crippen molar-refractivity contribution in [3.05, 3.63) is 48.5 Å². The van der Waals surface area contributed by atoms with Crippen molar-refractivity contribution < 1.29 is 9.53 Å². The molecule has 0 spiro atoms. The van der Waals surface area contributed by atoms with Crippen LogP contribution in [0.15, 0.2) is 42.7 Å². The zero-order chi connectivity index (χ0) is 16.5. The number of para-hydroxylation sites is 1. The topological polar surface area (TPSA) is 56.1 Å². The van der Waals surface area contributed by atoms with Gasteiger partial charge in [-0.25, -0.2) is 4.98 Å². The van der Waals surface area contributed by atoms with E-state index in [9.17, 15) is 4.79 Å². The summed E-state index contributed by atoms with van der Waals surface area (Å²) in [5, 5.41) is 3.20. The summed E-state index contributed by atoms with van der Waals surface area (Å²) < 4.78 is 7.97. The standard InChI is InChI=1S/C19H23N3O2/c1-13(14-7-8-14)19(23)21-16-9-12-24-17(16)18-20-10-11-22(18)15-5-3-2-4-6-15/h2-6,10-11,13-14,16-17H,7-9,12H2,1H3,(H,21,23)/t13?,16-,17-/m0/s1. The van der Waals surface area contributed by atoms with Crippen LogP contribution >= 0.6 is 0 Å². The van der Waals surface area contributed by atoms with E-state index in [4.69, 9.17) is 4.74 Å². The van der Waals surface area contributed by atoms with Gasteiger partial charge in [0.1, 0.15) is 11.9 Å². The number of benzene rings is 1. The van der Waals surface area contributed by atoms with Crippen molar-refractivity contribution >= 4 is 5.91 Å². The number of carbonyl (C=O) groups is 1. The summed E-state index contributed by atoms with van der Waals surface area (Å²) in [6.07, 6.45) is 6.72. The number of aromatic nitrogens is 2. The average molecular weight is 325 g/mol. The van der Waals surface area contributed by atoms with Gasteiger partial charge in [-0.2, -0.15) is 0 Å². The zero-order valence-electron chi connectivity index (χ0n) is 13.9. The highest BCUT2D eigenvalue weighted by Gasteiger charge is 2.38. The maximum Gasteiger partial charge on any atom is 0.223 e. The van der Waals surface area contributed by atoms with Gasteiger partial charge in [-0.1, -0.05) is 25.1 Å². The molecule has 5 heteroatoms. The first-order valence-corrected chi connectivity index (χ1v) is 8.74. The molecule has 24 heavy (non-hydrogen) atoms. The highest BCUT2D eigenvalue weighted by Crippen LogP contribution is 2.37. The first-order chi connectivity index (χ1) is 11.7. The zero-order valence-corrected chi connectivity index (χ0v) is 13.9. The second-order valence-corrected chi connectivity index (χ2v) is 6.81. The molecule has 2 aromatic rings. The smallest absolute Gasteiger partial charge is 0.223 e. The maximum absolute atomic E-state index is 12.5. The summed E-state index contributed by atoms with van der Waals surface area (Å²) in [4.78, 5) is 17.0. The molecule has 1 aromatic carbocycles. The molecule has 1 N–H and O–H groups in total. The monoisotopic (exact) mass is 325 g/mol. The highest BCUT2D eigenvalue weighted by atomic mass is 16.5. The van der Waals surface area contributed by atoms with E-state index in [-0.39, 0.29) is 24.0 Å². The third-order valence-electron chi connectivity index (χ3n) is 5.12. The Morgan fingerprint density at radius 2 is 2.08 bits per heavy atom. The lowest BCUT2D eigenvalue weighted by molar-refractivity contribution is -0.126. The Labute approximate surface area is 142 Å². The molecule has 1 saturated heterocycles. The summed E-state index contributed by atoms with van der Waals surface area (Å²) in [7, 11) is 0. The number of imidazole rings is 1. The third-order valence-corrected chi connectivity index (χ3v) is 5.12. The fourth-order valence-electron chi connectivity index (χ4n) is 3.45. The Hall–Kier alpha value is -2.14. The van der Waals surface area contributed by atoms with Gasteiger partial charge in [-0.05, 0) is 37.3 Å². The minimum absolute atomic E-state index is 0.0106. The van der Waals surface area contributed by atoms with Crippen LogP contribution in [0, 0.1) is 11.8 Å². The highest BCUT2D eigenvalue weighted by molar-refractivity contribution is 5.79. The van der Waals surface area contributed by atoms with Gasteiger partial charge in [0.2, 0.25) is 5.91 Å². The molecule has 2 heterocycles. The molecule has 0 radical (unpaired) electrons. The summed E-state index contributed by atoms with van der Waals surface area (Å²) >= 11 is 0. The maximum atomic E-state index is 12.5. The van der Waals surface area contributed by atoms with Crippen molar-refractivity contribution in [1.82, 2.24) is 14.9 Å². The van der Waals surface area contributed by atoms with Gasteiger partial charge < -0.3 is 14.6 Å². The van der Waals surface area contributed by atoms with E-state index in [1.807, 2.05) is 48.0 Å². The van der Waals surface area contributed by atoms with E-state index < -0.39 is 0 Å². The van der Waals surface area contributed by atoms with Crippen molar-refractivity contribution in [3.8, 4) is 5.69 Å². The van der Waals surface area contributed by atoms with Crippen LogP contribution in [0.3, 0.4) is 0 Å². The number of ether oxygens (including phenoxy) is 1. The van der Waals surface area contributed by atoms with Crippen LogP contribution in [-0.4, -0.2) is 28.1 Å². The quantitative estimate of drug-likeness (QED) is 0.919.